The molecule has 1 saturated carbocycles. The van der Waals surface area contributed by atoms with Crippen molar-refractivity contribution in [1.82, 2.24) is 15.2 Å². The van der Waals surface area contributed by atoms with Crippen LogP contribution in [0.25, 0.3) is 0 Å². The minimum absolute atomic E-state index is 0.136. The number of aromatic nitrogens is 3. The van der Waals surface area contributed by atoms with E-state index < -0.39 is 0 Å². The van der Waals surface area contributed by atoms with Gasteiger partial charge in [-0.25, -0.2) is 4.98 Å². The summed E-state index contributed by atoms with van der Waals surface area (Å²) in [6.45, 7) is 4.92. The van der Waals surface area contributed by atoms with Gasteiger partial charge in [-0.2, -0.15) is 5.10 Å². The molecule has 0 spiro atoms. The van der Waals surface area contributed by atoms with Gasteiger partial charge in [0.2, 0.25) is 5.95 Å². The Hall–Kier alpha value is -1.23. The minimum Gasteiger partial charge on any atom is -0.395 e. The molecule has 1 aromatic rings. The van der Waals surface area contributed by atoms with E-state index >= 15 is 0 Å². The quantitative estimate of drug-likeness (QED) is 0.863. The van der Waals surface area contributed by atoms with Gasteiger partial charge in [-0.15, -0.1) is 5.10 Å². The molecule has 0 bridgehead atoms. The van der Waals surface area contributed by atoms with Gasteiger partial charge in [0.1, 0.15) is 0 Å². The molecule has 0 atom stereocenters. The normalized spacial score (nSPS) is 16.4. The number of rotatable bonds is 6. The van der Waals surface area contributed by atoms with Crippen LogP contribution in [0.1, 0.15) is 57.3 Å². The van der Waals surface area contributed by atoms with Gasteiger partial charge in [0.15, 0.2) is 0 Å². The average molecular weight is 278 g/mol. The Kier molecular flexibility index (Phi) is 5.71. The average Bonchev–Trinajstić information content (AvgIpc) is 2.52. The Bertz CT molecular complexity index is 418. The number of aryl methyl sites for hydroxylation is 2. The lowest BCUT2D eigenvalue weighted by Crippen LogP contribution is -2.40. The molecule has 1 heterocycles. The maximum Gasteiger partial charge on any atom is 0.245 e. The van der Waals surface area contributed by atoms with E-state index in [9.17, 15) is 5.11 Å². The molecule has 1 aliphatic carbocycles. The molecule has 0 unspecified atom stereocenters. The lowest BCUT2D eigenvalue weighted by Gasteiger charge is -2.33. The van der Waals surface area contributed by atoms with Gasteiger partial charge in [-0.3, -0.25) is 0 Å². The highest BCUT2D eigenvalue weighted by molar-refractivity contribution is 5.32. The molecule has 2 rings (SSSR count). The maximum absolute atomic E-state index is 9.34. The number of hydrogen-bond donors (Lipinski definition) is 1. The van der Waals surface area contributed by atoms with E-state index in [0.29, 0.717) is 18.5 Å². The summed E-state index contributed by atoms with van der Waals surface area (Å²) < 4.78 is 0. The number of aliphatic hydroxyl groups is 1. The minimum atomic E-state index is 0.136. The summed E-state index contributed by atoms with van der Waals surface area (Å²) in [7, 11) is 0. The molecular formula is C15H26N4O. The predicted molar refractivity (Wildman–Crippen MR) is 79.9 cm³/mol. The van der Waals surface area contributed by atoms with Crippen molar-refractivity contribution in [2.75, 3.05) is 18.1 Å². The summed E-state index contributed by atoms with van der Waals surface area (Å²) in [4.78, 5) is 6.85. The Morgan fingerprint density at radius 1 is 1.05 bits per heavy atom. The lowest BCUT2D eigenvalue weighted by atomic mass is 9.94. The third-order valence-electron chi connectivity index (χ3n) is 4.11. The first-order valence-electron chi connectivity index (χ1n) is 7.90. The van der Waals surface area contributed by atoms with E-state index in [-0.39, 0.29) is 6.61 Å². The summed E-state index contributed by atoms with van der Waals surface area (Å²) in [6.07, 6.45) is 7.91. The molecular weight excluding hydrogens is 252 g/mol. The predicted octanol–water partition coefficient (Wildman–Crippen LogP) is 2.13. The van der Waals surface area contributed by atoms with Crippen LogP contribution in [0.2, 0.25) is 0 Å². The number of nitrogens with zero attached hydrogens (tertiary/aromatic N) is 4. The van der Waals surface area contributed by atoms with Crippen LogP contribution >= 0.6 is 0 Å². The summed E-state index contributed by atoms with van der Waals surface area (Å²) in [6, 6.07) is 0.454. The highest BCUT2D eigenvalue weighted by Crippen LogP contribution is 2.25. The van der Waals surface area contributed by atoms with Crippen LogP contribution < -0.4 is 4.90 Å². The van der Waals surface area contributed by atoms with Crippen LogP contribution in [0.3, 0.4) is 0 Å². The van der Waals surface area contributed by atoms with Crippen LogP contribution in [0.5, 0.6) is 0 Å². The van der Waals surface area contributed by atoms with E-state index in [1.165, 1.54) is 32.1 Å². The summed E-state index contributed by atoms with van der Waals surface area (Å²) in [5, 5.41) is 18.0. The van der Waals surface area contributed by atoms with Crippen molar-refractivity contribution in [3.63, 3.8) is 0 Å². The second-order valence-corrected chi connectivity index (χ2v) is 5.42. The second kappa shape index (κ2) is 7.53. The summed E-state index contributed by atoms with van der Waals surface area (Å²) >= 11 is 0. The van der Waals surface area contributed by atoms with E-state index in [1.54, 1.807) is 0 Å². The molecule has 5 heteroatoms. The van der Waals surface area contributed by atoms with Crippen molar-refractivity contribution in [1.29, 1.82) is 0 Å². The Labute approximate surface area is 121 Å². The Morgan fingerprint density at radius 3 is 2.35 bits per heavy atom. The van der Waals surface area contributed by atoms with Gasteiger partial charge in [0.05, 0.1) is 18.0 Å². The Balaban J connectivity index is 2.23. The second-order valence-electron chi connectivity index (χ2n) is 5.42. The van der Waals surface area contributed by atoms with Crippen LogP contribution in [0.15, 0.2) is 0 Å². The summed E-state index contributed by atoms with van der Waals surface area (Å²) in [5.41, 5.74) is 2.03. The van der Waals surface area contributed by atoms with Gasteiger partial charge >= 0.3 is 0 Å². The fourth-order valence-electron chi connectivity index (χ4n) is 3.00. The van der Waals surface area contributed by atoms with Crippen molar-refractivity contribution >= 4 is 5.95 Å². The van der Waals surface area contributed by atoms with E-state index in [0.717, 1.165) is 24.2 Å². The van der Waals surface area contributed by atoms with E-state index in [2.05, 4.69) is 28.9 Å². The Morgan fingerprint density at radius 2 is 1.75 bits per heavy atom. The first-order valence-corrected chi connectivity index (χ1v) is 7.90. The largest absolute Gasteiger partial charge is 0.395 e. The molecule has 1 aliphatic rings. The van der Waals surface area contributed by atoms with Gasteiger partial charge in [-0.1, -0.05) is 33.1 Å². The van der Waals surface area contributed by atoms with Crippen LogP contribution in [0, 0.1) is 0 Å². The lowest BCUT2D eigenvalue weighted by molar-refractivity contribution is 0.288. The number of aliphatic hydroxyl groups excluding tert-OH is 1. The topological polar surface area (TPSA) is 62.1 Å². The molecule has 0 radical (unpaired) electrons. The molecule has 0 aromatic carbocycles. The van der Waals surface area contributed by atoms with Crippen molar-refractivity contribution < 1.29 is 5.11 Å². The number of anilines is 1. The smallest absolute Gasteiger partial charge is 0.245 e. The fraction of sp³-hybridized carbons (Fsp3) is 0.800. The standard InChI is InChI=1S/C15H26N4O/c1-3-13-14(4-2)17-18-15(16-13)19(10-11-20)12-8-6-5-7-9-12/h12,20H,3-11H2,1-2H3. The van der Waals surface area contributed by atoms with Gasteiger partial charge in [0.25, 0.3) is 0 Å². The van der Waals surface area contributed by atoms with E-state index in [1.807, 2.05) is 0 Å². The van der Waals surface area contributed by atoms with Gasteiger partial charge < -0.3 is 10.0 Å². The monoisotopic (exact) mass is 278 g/mol. The molecule has 20 heavy (non-hydrogen) atoms. The molecule has 0 amide bonds. The fourth-order valence-corrected chi connectivity index (χ4v) is 3.00. The molecule has 1 aromatic heterocycles. The zero-order valence-electron chi connectivity index (χ0n) is 12.7. The molecule has 0 saturated heterocycles. The molecule has 1 fully saturated rings. The zero-order chi connectivity index (χ0) is 14.4. The SMILES string of the molecule is CCc1nnc(N(CCO)C2CCCCC2)nc1CC. The highest BCUT2D eigenvalue weighted by atomic mass is 16.3. The van der Waals surface area contributed by atoms with Crippen LogP contribution in [-0.4, -0.2) is 39.5 Å². The van der Waals surface area contributed by atoms with Crippen LogP contribution in [-0.2, 0) is 12.8 Å². The zero-order valence-corrected chi connectivity index (χ0v) is 12.7. The first-order chi connectivity index (χ1) is 9.80. The molecule has 112 valence electrons. The van der Waals surface area contributed by atoms with Crippen LogP contribution in [0.4, 0.5) is 5.95 Å². The van der Waals surface area contributed by atoms with E-state index in [4.69, 9.17) is 4.98 Å². The number of hydrogen-bond acceptors (Lipinski definition) is 5. The van der Waals surface area contributed by atoms with Crippen molar-refractivity contribution in [2.24, 2.45) is 0 Å². The third-order valence-corrected chi connectivity index (χ3v) is 4.11. The molecule has 1 N–H and O–H groups in total. The van der Waals surface area contributed by atoms with Gasteiger partial charge in [-0.05, 0) is 25.7 Å². The maximum atomic E-state index is 9.34. The third kappa shape index (κ3) is 3.45. The molecule has 5 nitrogen and oxygen atoms in total. The van der Waals surface area contributed by atoms with Gasteiger partial charge in [0, 0.05) is 12.6 Å². The van der Waals surface area contributed by atoms with Crippen molar-refractivity contribution in [2.45, 2.75) is 64.8 Å². The van der Waals surface area contributed by atoms with Crippen molar-refractivity contribution in [3.8, 4) is 0 Å². The summed E-state index contributed by atoms with van der Waals surface area (Å²) in [5.74, 6) is 0.694. The van der Waals surface area contributed by atoms with Crippen molar-refractivity contribution in [3.05, 3.63) is 11.4 Å². The molecule has 0 aliphatic heterocycles. The first kappa shape index (κ1) is 15.2. The highest BCUT2D eigenvalue weighted by Gasteiger charge is 2.23.